The highest BCUT2D eigenvalue weighted by Gasteiger charge is 2.01. The number of hydrogen-bond acceptors (Lipinski definition) is 3. The number of primary amides is 1. The van der Waals surface area contributed by atoms with Gasteiger partial charge in [-0.15, -0.1) is 0 Å². The summed E-state index contributed by atoms with van der Waals surface area (Å²) in [6.07, 6.45) is 0. The Hall–Kier alpha value is -2.46. The van der Waals surface area contributed by atoms with E-state index in [1.807, 2.05) is 6.07 Å². The maximum atomic E-state index is 10.5. The van der Waals surface area contributed by atoms with Gasteiger partial charge >= 0.3 is 0 Å². The van der Waals surface area contributed by atoms with Gasteiger partial charge in [0.2, 0.25) is 0 Å². The molecular weight excluding hydrogens is 192 g/mol. The second kappa shape index (κ2) is 4.69. The van der Waals surface area contributed by atoms with E-state index in [1.165, 1.54) is 13.2 Å². The van der Waals surface area contributed by atoms with Crippen molar-refractivity contribution in [2.24, 2.45) is 5.73 Å². The van der Waals surface area contributed by atoms with Crippen LogP contribution in [-0.2, 0) is 4.79 Å². The van der Waals surface area contributed by atoms with Crippen LogP contribution < -0.4 is 10.5 Å². The van der Waals surface area contributed by atoms with E-state index >= 15 is 0 Å². The first-order valence-corrected chi connectivity index (χ1v) is 4.07. The van der Waals surface area contributed by atoms with Crippen LogP contribution in [0, 0.1) is 23.2 Å². The number of nitriles is 1. The molecule has 0 aliphatic heterocycles. The standard InChI is InChI=1S/C11H8N2O2/c1-15-10-4-2-8(7-12)6-9(10)3-5-11(13)14/h2,4,6H,1H3,(H2,13,14). The molecule has 4 nitrogen and oxygen atoms in total. The Labute approximate surface area is 87.3 Å². The lowest BCUT2D eigenvalue weighted by Crippen LogP contribution is -2.06. The molecule has 15 heavy (non-hydrogen) atoms. The summed E-state index contributed by atoms with van der Waals surface area (Å²) >= 11 is 0. The molecule has 0 unspecified atom stereocenters. The molecule has 0 spiro atoms. The van der Waals surface area contributed by atoms with Crippen molar-refractivity contribution in [2.45, 2.75) is 0 Å². The Balaban J connectivity index is 3.21. The minimum atomic E-state index is -0.723. The fraction of sp³-hybridized carbons (Fsp3) is 0.0909. The molecule has 2 N–H and O–H groups in total. The summed E-state index contributed by atoms with van der Waals surface area (Å²) in [5.41, 5.74) is 5.80. The Bertz CT molecular complexity index is 490. The first-order valence-electron chi connectivity index (χ1n) is 4.07. The van der Waals surface area contributed by atoms with Crippen LogP contribution in [0.5, 0.6) is 5.75 Å². The van der Waals surface area contributed by atoms with Crippen molar-refractivity contribution >= 4 is 5.91 Å². The predicted octanol–water partition coefficient (Wildman–Crippen LogP) is 0.404. The van der Waals surface area contributed by atoms with E-state index in [2.05, 4.69) is 11.8 Å². The zero-order valence-electron chi connectivity index (χ0n) is 8.07. The maximum absolute atomic E-state index is 10.5. The summed E-state index contributed by atoms with van der Waals surface area (Å²) in [6.45, 7) is 0. The number of nitrogens with zero attached hydrogens (tertiary/aromatic N) is 1. The molecule has 1 aromatic carbocycles. The maximum Gasteiger partial charge on any atom is 0.293 e. The molecule has 74 valence electrons. The molecule has 1 amide bonds. The second-order valence-electron chi connectivity index (χ2n) is 2.64. The molecule has 0 aromatic heterocycles. The highest BCUT2D eigenvalue weighted by Crippen LogP contribution is 2.18. The molecule has 0 atom stereocenters. The third-order valence-corrected chi connectivity index (χ3v) is 1.65. The summed E-state index contributed by atoms with van der Waals surface area (Å²) < 4.78 is 5.01. The minimum absolute atomic E-state index is 0.449. The number of methoxy groups -OCH3 is 1. The molecule has 1 rings (SSSR count). The first-order chi connectivity index (χ1) is 7.17. The highest BCUT2D eigenvalue weighted by molar-refractivity contribution is 5.92. The van der Waals surface area contributed by atoms with Crippen molar-refractivity contribution in [3.8, 4) is 23.7 Å². The number of carbonyl (C=O) groups excluding carboxylic acids is 1. The van der Waals surface area contributed by atoms with Crippen LogP contribution in [0.1, 0.15) is 11.1 Å². The third kappa shape index (κ3) is 2.75. The zero-order chi connectivity index (χ0) is 11.3. The Morgan fingerprint density at radius 1 is 1.53 bits per heavy atom. The lowest BCUT2D eigenvalue weighted by Gasteiger charge is -2.02. The van der Waals surface area contributed by atoms with Gasteiger partial charge in [-0.2, -0.15) is 5.26 Å². The van der Waals surface area contributed by atoms with Gasteiger partial charge in [-0.3, -0.25) is 4.79 Å². The van der Waals surface area contributed by atoms with Gasteiger partial charge < -0.3 is 10.5 Å². The van der Waals surface area contributed by atoms with Crippen LogP contribution in [0.25, 0.3) is 0 Å². The SMILES string of the molecule is COc1ccc(C#N)cc1C#CC(N)=O. The molecule has 0 fully saturated rings. The van der Waals surface area contributed by atoms with Crippen LogP contribution in [0.4, 0.5) is 0 Å². The molecule has 0 saturated heterocycles. The molecule has 0 heterocycles. The molecule has 0 aliphatic rings. The van der Waals surface area contributed by atoms with Crippen molar-refractivity contribution in [3.05, 3.63) is 29.3 Å². The highest BCUT2D eigenvalue weighted by atomic mass is 16.5. The summed E-state index contributed by atoms with van der Waals surface area (Å²) in [4.78, 5) is 10.5. The van der Waals surface area contributed by atoms with E-state index in [1.54, 1.807) is 12.1 Å². The van der Waals surface area contributed by atoms with Gasteiger partial charge in [-0.25, -0.2) is 0 Å². The Kier molecular flexibility index (Phi) is 3.32. The fourth-order valence-corrected chi connectivity index (χ4v) is 1.00. The third-order valence-electron chi connectivity index (χ3n) is 1.65. The quantitative estimate of drug-likeness (QED) is 0.667. The van der Waals surface area contributed by atoms with Crippen molar-refractivity contribution in [1.82, 2.24) is 0 Å². The zero-order valence-corrected chi connectivity index (χ0v) is 8.07. The monoisotopic (exact) mass is 200 g/mol. The van der Waals surface area contributed by atoms with E-state index < -0.39 is 5.91 Å². The minimum Gasteiger partial charge on any atom is -0.495 e. The number of benzene rings is 1. The normalized spacial score (nSPS) is 8.27. The predicted molar refractivity (Wildman–Crippen MR) is 53.8 cm³/mol. The molecule has 0 aliphatic carbocycles. The van der Waals surface area contributed by atoms with Crippen molar-refractivity contribution in [3.63, 3.8) is 0 Å². The van der Waals surface area contributed by atoms with Crippen LogP contribution in [0.15, 0.2) is 18.2 Å². The van der Waals surface area contributed by atoms with Crippen LogP contribution in [-0.4, -0.2) is 13.0 Å². The van der Waals surface area contributed by atoms with Gasteiger partial charge in [-0.05, 0) is 18.2 Å². The average molecular weight is 200 g/mol. The lowest BCUT2D eigenvalue weighted by molar-refractivity contribution is -0.112. The Morgan fingerprint density at radius 2 is 2.27 bits per heavy atom. The van der Waals surface area contributed by atoms with Crippen molar-refractivity contribution in [2.75, 3.05) is 7.11 Å². The van der Waals surface area contributed by atoms with Crippen LogP contribution in [0.3, 0.4) is 0 Å². The summed E-state index contributed by atoms with van der Waals surface area (Å²) in [6, 6.07) is 6.72. The topological polar surface area (TPSA) is 76.1 Å². The van der Waals surface area contributed by atoms with E-state index in [4.69, 9.17) is 15.7 Å². The number of nitrogens with two attached hydrogens (primary N) is 1. The van der Waals surface area contributed by atoms with Gasteiger partial charge in [0.15, 0.2) is 0 Å². The molecule has 0 radical (unpaired) electrons. The smallest absolute Gasteiger partial charge is 0.293 e. The molecule has 1 aromatic rings. The number of carbonyl (C=O) groups is 1. The van der Waals surface area contributed by atoms with E-state index in [0.29, 0.717) is 16.9 Å². The lowest BCUT2D eigenvalue weighted by atomic mass is 10.1. The number of hydrogen-bond donors (Lipinski definition) is 1. The van der Waals surface area contributed by atoms with Gasteiger partial charge in [0.1, 0.15) is 5.75 Å². The summed E-state index contributed by atoms with van der Waals surface area (Å²) in [5, 5.41) is 8.67. The van der Waals surface area contributed by atoms with Gasteiger partial charge in [0.05, 0.1) is 24.3 Å². The van der Waals surface area contributed by atoms with Crippen molar-refractivity contribution < 1.29 is 9.53 Å². The van der Waals surface area contributed by atoms with Crippen molar-refractivity contribution in [1.29, 1.82) is 5.26 Å². The average Bonchev–Trinajstić information content (AvgIpc) is 2.25. The number of amides is 1. The molecule has 4 heteroatoms. The molecular formula is C11H8N2O2. The number of rotatable bonds is 1. The summed E-state index contributed by atoms with van der Waals surface area (Å²) in [7, 11) is 1.48. The molecule has 0 bridgehead atoms. The van der Waals surface area contributed by atoms with E-state index in [0.717, 1.165) is 0 Å². The van der Waals surface area contributed by atoms with E-state index in [-0.39, 0.29) is 0 Å². The number of ether oxygens (including phenoxy) is 1. The van der Waals surface area contributed by atoms with Gasteiger partial charge in [0, 0.05) is 5.92 Å². The first kappa shape index (κ1) is 10.6. The van der Waals surface area contributed by atoms with Crippen LogP contribution >= 0.6 is 0 Å². The fourth-order valence-electron chi connectivity index (χ4n) is 1.00. The van der Waals surface area contributed by atoms with E-state index in [9.17, 15) is 4.79 Å². The molecule has 0 saturated carbocycles. The largest absolute Gasteiger partial charge is 0.495 e. The van der Waals surface area contributed by atoms with Crippen LogP contribution in [0.2, 0.25) is 0 Å². The Morgan fingerprint density at radius 3 is 2.80 bits per heavy atom. The summed E-state index contributed by atoms with van der Waals surface area (Å²) in [5.74, 6) is 4.50. The van der Waals surface area contributed by atoms with Gasteiger partial charge in [0.25, 0.3) is 5.91 Å². The van der Waals surface area contributed by atoms with Gasteiger partial charge in [-0.1, -0.05) is 5.92 Å². The second-order valence-corrected chi connectivity index (χ2v) is 2.64.